The number of urea groups is 1. The molecule has 1 aromatic heterocycles. The topological polar surface area (TPSA) is 57.7 Å². The van der Waals surface area contributed by atoms with Crippen molar-refractivity contribution in [3.63, 3.8) is 0 Å². The third-order valence-corrected chi connectivity index (χ3v) is 5.17. The molecule has 0 aromatic carbocycles. The molecule has 3 heterocycles. The van der Waals surface area contributed by atoms with E-state index in [2.05, 4.69) is 10.3 Å². The minimum Gasteiger partial charge on any atom is -0.381 e. The summed E-state index contributed by atoms with van der Waals surface area (Å²) >= 11 is 0. The molecule has 1 unspecified atom stereocenters. The molecule has 2 saturated heterocycles. The Morgan fingerprint density at radius 3 is 2.88 bits per heavy atom. The first-order chi connectivity index (χ1) is 11.6. The Hall–Kier alpha value is -1.82. The summed E-state index contributed by atoms with van der Waals surface area (Å²) in [6, 6.07) is 3.96. The Kier molecular flexibility index (Phi) is 5.56. The summed E-state index contributed by atoms with van der Waals surface area (Å²) in [7, 11) is 3.93. The van der Waals surface area contributed by atoms with E-state index in [4.69, 9.17) is 4.74 Å². The Bertz CT molecular complexity index is 558. The van der Waals surface area contributed by atoms with Crippen molar-refractivity contribution in [3.05, 3.63) is 23.9 Å². The predicted molar refractivity (Wildman–Crippen MR) is 94.0 cm³/mol. The minimum absolute atomic E-state index is 0.0399. The number of nitrogens with zero attached hydrogens (tertiary/aromatic N) is 3. The summed E-state index contributed by atoms with van der Waals surface area (Å²) in [5, 5.41) is 3.06. The second kappa shape index (κ2) is 7.83. The lowest BCUT2D eigenvalue weighted by Crippen LogP contribution is -2.39. The summed E-state index contributed by atoms with van der Waals surface area (Å²) in [4.78, 5) is 20.8. The van der Waals surface area contributed by atoms with Crippen molar-refractivity contribution in [2.75, 3.05) is 45.3 Å². The van der Waals surface area contributed by atoms with Crippen LogP contribution < -0.4 is 10.2 Å². The Balaban J connectivity index is 1.51. The van der Waals surface area contributed by atoms with Crippen LogP contribution in [-0.4, -0.2) is 56.3 Å². The number of carbonyl (C=O) groups excluding carboxylic acids is 1. The number of nitrogens with one attached hydrogen (secondary N) is 1. The summed E-state index contributed by atoms with van der Waals surface area (Å²) in [5.41, 5.74) is 1.04. The molecule has 2 fully saturated rings. The number of carbonyl (C=O) groups is 1. The molecule has 2 amide bonds. The SMILES string of the molecule is CN(C)c1ncccc1CNC(=O)N1CCC(C2CCOCC2)C1. The van der Waals surface area contributed by atoms with Crippen molar-refractivity contribution < 1.29 is 9.53 Å². The number of likely N-dealkylation sites (tertiary alicyclic amines) is 1. The molecule has 6 nitrogen and oxygen atoms in total. The van der Waals surface area contributed by atoms with Gasteiger partial charge >= 0.3 is 6.03 Å². The van der Waals surface area contributed by atoms with Gasteiger partial charge in [-0.25, -0.2) is 9.78 Å². The quantitative estimate of drug-likeness (QED) is 0.917. The first-order valence-corrected chi connectivity index (χ1v) is 8.87. The smallest absolute Gasteiger partial charge is 0.317 e. The highest BCUT2D eigenvalue weighted by atomic mass is 16.5. The normalized spacial score (nSPS) is 21.8. The van der Waals surface area contributed by atoms with E-state index in [-0.39, 0.29) is 6.03 Å². The van der Waals surface area contributed by atoms with E-state index in [1.165, 1.54) is 0 Å². The van der Waals surface area contributed by atoms with Gasteiger partial charge in [0.2, 0.25) is 0 Å². The van der Waals surface area contributed by atoms with Gasteiger partial charge in [0.1, 0.15) is 5.82 Å². The third-order valence-electron chi connectivity index (χ3n) is 5.17. The van der Waals surface area contributed by atoms with Gasteiger partial charge in [0.05, 0.1) is 0 Å². The fourth-order valence-corrected chi connectivity index (χ4v) is 3.80. The molecule has 0 spiro atoms. The predicted octanol–water partition coefficient (Wildman–Crippen LogP) is 2.11. The van der Waals surface area contributed by atoms with Gasteiger partial charge in [-0.15, -0.1) is 0 Å². The van der Waals surface area contributed by atoms with Crippen LogP contribution in [0.15, 0.2) is 18.3 Å². The Labute approximate surface area is 144 Å². The highest BCUT2D eigenvalue weighted by Crippen LogP contribution is 2.31. The van der Waals surface area contributed by atoms with Crippen LogP contribution in [-0.2, 0) is 11.3 Å². The van der Waals surface area contributed by atoms with Crippen LogP contribution in [0.4, 0.5) is 10.6 Å². The van der Waals surface area contributed by atoms with Crippen LogP contribution in [0.25, 0.3) is 0 Å². The van der Waals surface area contributed by atoms with E-state index >= 15 is 0 Å². The molecular weight excluding hydrogens is 304 g/mol. The van der Waals surface area contributed by atoms with E-state index in [0.717, 1.165) is 62.9 Å². The van der Waals surface area contributed by atoms with Crippen LogP contribution in [0.1, 0.15) is 24.8 Å². The van der Waals surface area contributed by atoms with Crippen LogP contribution in [0.3, 0.4) is 0 Å². The largest absolute Gasteiger partial charge is 0.381 e. The van der Waals surface area contributed by atoms with Crippen LogP contribution >= 0.6 is 0 Å². The van der Waals surface area contributed by atoms with Gasteiger partial charge in [-0.3, -0.25) is 0 Å². The van der Waals surface area contributed by atoms with Gasteiger partial charge in [-0.2, -0.15) is 0 Å². The summed E-state index contributed by atoms with van der Waals surface area (Å²) < 4.78 is 5.45. The Morgan fingerprint density at radius 1 is 1.33 bits per heavy atom. The van der Waals surface area contributed by atoms with Gasteiger partial charge in [-0.1, -0.05) is 6.07 Å². The molecule has 132 valence electrons. The highest BCUT2D eigenvalue weighted by Gasteiger charge is 2.32. The Morgan fingerprint density at radius 2 is 2.12 bits per heavy atom. The molecule has 6 heteroatoms. The van der Waals surface area contributed by atoms with Crippen molar-refractivity contribution in [2.24, 2.45) is 11.8 Å². The average Bonchev–Trinajstić information content (AvgIpc) is 3.11. The standard InChI is InChI=1S/C18H28N4O2/c1-21(2)17-15(4-3-8-19-17)12-20-18(23)22-9-5-16(13-22)14-6-10-24-11-7-14/h3-4,8,14,16H,5-7,9-13H2,1-2H3,(H,20,23). The lowest BCUT2D eigenvalue weighted by Gasteiger charge is -2.27. The van der Waals surface area contributed by atoms with Crippen molar-refractivity contribution >= 4 is 11.8 Å². The zero-order valence-electron chi connectivity index (χ0n) is 14.7. The number of pyridine rings is 1. The number of hydrogen-bond acceptors (Lipinski definition) is 4. The second-order valence-corrected chi connectivity index (χ2v) is 6.98. The summed E-state index contributed by atoms with van der Waals surface area (Å²) in [6.45, 7) is 4.01. The second-order valence-electron chi connectivity index (χ2n) is 6.98. The number of ether oxygens (including phenoxy) is 1. The van der Waals surface area contributed by atoms with Gasteiger partial charge in [0, 0.05) is 58.7 Å². The van der Waals surface area contributed by atoms with Crippen molar-refractivity contribution in [1.29, 1.82) is 0 Å². The molecule has 1 atom stereocenters. The monoisotopic (exact) mass is 332 g/mol. The molecule has 0 aliphatic carbocycles. The maximum atomic E-state index is 12.5. The molecule has 3 rings (SSSR count). The zero-order chi connectivity index (χ0) is 16.9. The van der Waals surface area contributed by atoms with E-state index < -0.39 is 0 Å². The molecular formula is C18H28N4O2. The van der Waals surface area contributed by atoms with Crippen LogP contribution in [0, 0.1) is 11.8 Å². The minimum atomic E-state index is 0.0399. The van der Waals surface area contributed by atoms with Crippen molar-refractivity contribution in [2.45, 2.75) is 25.8 Å². The first-order valence-electron chi connectivity index (χ1n) is 8.87. The maximum Gasteiger partial charge on any atom is 0.317 e. The number of hydrogen-bond donors (Lipinski definition) is 1. The maximum absolute atomic E-state index is 12.5. The summed E-state index contributed by atoms with van der Waals surface area (Å²) in [6.07, 6.45) is 5.18. The fourth-order valence-electron chi connectivity index (χ4n) is 3.80. The molecule has 2 aliphatic heterocycles. The van der Waals surface area contributed by atoms with E-state index in [9.17, 15) is 4.79 Å². The molecule has 0 bridgehead atoms. The van der Waals surface area contributed by atoms with Gasteiger partial charge in [0.25, 0.3) is 0 Å². The molecule has 1 N–H and O–H groups in total. The molecule has 0 saturated carbocycles. The number of aromatic nitrogens is 1. The van der Waals surface area contributed by atoms with Crippen molar-refractivity contribution in [3.8, 4) is 0 Å². The molecule has 0 radical (unpaired) electrons. The lowest BCUT2D eigenvalue weighted by atomic mass is 9.85. The van der Waals surface area contributed by atoms with E-state index in [1.807, 2.05) is 36.0 Å². The van der Waals surface area contributed by atoms with Crippen molar-refractivity contribution in [1.82, 2.24) is 15.2 Å². The van der Waals surface area contributed by atoms with Gasteiger partial charge in [-0.05, 0) is 37.2 Å². The number of anilines is 1. The zero-order valence-corrected chi connectivity index (χ0v) is 14.7. The van der Waals surface area contributed by atoms with Gasteiger partial charge in [0.15, 0.2) is 0 Å². The average molecular weight is 332 g/mol. The molecule has 2 aliphatic rings. The van der Waals surface area contributed by atoms with Gasteiger partial charge < -0.3 is 19.9 Å². The molecule has 1 aromatic rings. The third kappa shape index (κ3) is 3.98. The number of rotatable bonds is 4. The van der Waals surface area contributed by atoms with Crippen LogP contribution in [0.2, 0.25) is 0 Å². The van der Waals surface area contributed by atoms with E-state index in [1.54, 1.807) is 6.20 Å². The first kappa shape index (κ1) is 17.0. The lowest BCUT2D eigenvalue weighted by molar-refractivity contribution is 0.0484. The van der Waals surface area contributed by atoms with Crippen LogP contribution in [0.5, 0.6) is 0 Å². The fraction of sp³-hybridized carbons (Fsp3) is 0.667. The number of amides is 2. The van der Waals surface area contributed by atoms with E-state index in [0.29, 0.717) is 12.5 Å². The summed E-state index contributed by atoms with van der Waals surface area (Å²) in [5.74, 6) is 2.25. The molecule has 24 heavy (non-hydrogen) atoms. The highest BCUT2D eigenvalue weighted by molar-refractivity contribution is 5.74.